The predicted molar refractivity (Wildman–Crippen MR) is 68.3 cm³/mol. The zero-order valence-electron chi connectivity index (χ0n) is 10.5. The lowest BCUT2D eigenvalue weighted by Gasteiger charge is -2.27. The zero-order valence-corrected chi connectivity index (χ0v) is 10.5. The molecule has 1 aliphatic rings. The Morgan fingerprint density at radius 3 is 2.47 bits per heavy atom. The molecule has 2 atom stereocenters. The van der Waals surface area contributed by atoms with E-state index in [1.54, 1.807) is 4.90 Å². The number of carbonyl (C=O) groups excluding carboxylic acids is 1. The number of nitrogens with two attached hydrogens (primary N) is 1. The standard InChI is InChI=1S/C14H20N2O/c1-10(11-8-9-11)16(2)14(17)13(15)12-6-4-3-5-7-12/h3-7,10-11,13H,8-9,15H2,1-2H3/t10?,13-/m0/s1. The maximum atomic E-state index is 12.2. The van der Waals surface area contributed by atoms with Gasteiger partial charge in [-0.3, -0.25) is 4.79 Å². The number of hydrogen-bond acceptors (Lipinski definition) is 2. The topological polar surface area (TPSA) is 46.3 Å². The Hall–Kier alpha value is -1.35. The number of benzene rings is 1. The Morgan fingerprint density at radius 2 is 1.94 bits per heavy atom. The number of nitrogens with zero attached hydrogens (tertiary/aromatic N) is 1. The van der Waals surface area contributed by atoms with Crippen molar-refractivity contribution in [2.24, 2.45) is 11.7 Å². The van der Waals surface area contributed by atoms with E-state index in [1.165, 1.54) is 12.8 Å². The fourth-order valence-electron chi connectivity index (χ4n) is 2.12. The van der Waals surface area contributed by atoms with Gasteiger partial charge in [-0.25, -0.2) is 0 Å². The molecule has 2 N–H and O–H groups in total. The molecule has 2 rings (SSSR count). The first kappa shape index (κ1) is 12.1. The maximum absolute atomic E-state index is 12.2. The van der Waals surface area contributed by atoms with E-state index in [4.69, 9.17) is 5.73 Å². The predicted octanol–water partition coefficient (Wildman–Crippen LogP) is 1.94. The summed E-state index contributed by atoms with van der Waals surface area (Å²) in [6, 6.07) is 9.31. The molecular weight excluding hydrogens is 212 g/mol. The Morgan fingerprint density at radius 1 is 1.35 bits per heavy atom. The van der Waals surface area contributed by atoms with Crippen molar-refractivity contribution in [1.29, 1.82) is 0 Å². The van der Waals surface area contributed by atoms with Crippen LogP contribution in [0.5, 0.6) is 0 Å². The van der Waals surface area contributed by atoms with Crippen molar-refractivity contribution in [2.45, 2.75) is 31.8 Å². The van der Waals surface area contributed by atoms with Gasteiger partial charge in [-0.15, -0.1) is 0 Å². The van der Waals surface area contributed by atoms with Crippen LogP contribution in [0.15, 0.2) is 30.3 Å². The summed E-state index contributed by atoms with van der Waals surface area (Å²) in [4.78, 5) is 14.0. The fraction of sp³-hybridized carbons (Fsp3) is 0.500. The number of hydrogen-bond donors (Lipinski definition) is 1. The Kier molecular flexibility index (Phi) is 3.48. The van der Waals surface area contributed by atoms with Gasteiger partial charge in [-0.2, -0.15) is 0 Å². The minimum absolute atomic E-state index is 0.00981. The molecule has 0 heterocycles. The normalized spacial score (nSPS) is 18.5. The summed E-state index contributed by atoms with van der Waals surface area (Å²) in [5.74, 6) is 0.683. The zero-order chi connectivity index (χ0) is 12.4. The third-order valence-electron chi connectivity index (χ3n) is 3.69. The molecule has 1 saturated carbocycles. The third kappa shape index (κ3) is 2.67. The molecule has 0 aliphatic heterocycles. The SMILES string of the molecule is CC(C1CC1)N(C)C(=O)[C@@H](N)c1ccccc1. The summed E-state index contributed by atoms with van der Waals surface area (Å²) in [5, 5.41) is 0. The highest BCUT2D eigenvalue weighted by atomic mass is 16.2. The molecule has 92 valence electrons. The third-order valence-corrected chi connectivity index (χ3v) is 3.69. The molecule has 0 radical (unpaired) electrons. The van der Waals surface area contributed by atoms with Crippen molar-refractivity contribution in [3.8, 4) is 0 Å². The minimum Gasteiger partial charge on any atom is -0.341 e. The second kappa shape index (κ2) is 4.88. The van der Waals surface area contributed by atoms with Crippen LogP contribution in [0.3, 0.4) is 0 Å². The van der Waals surface area contributed by atoms with E-state index in [1.807, 2.05) is 37.4 Å². The first-order valence-electron chi connectivity index (χ1n) is 6.18. The van der Waals surface area contributed by atoms with E-state index in [-0.39, 0.29) is 5.91 Å². The van der Waals surface area contributed by atoms with Gasteiger partial charge in [0.05, 0.1) is 0 Å². The van der Waals surface area contributed by atoms with Gasteiger partial charge < -0.3 is 10.6 Å². The van der Waals surface area contributed by atoms with Crippen LogP contribution in [-0.4, -0.2) is 23.9 Å². The van der Waals surface area contributed by atoms with Crippen molar-refractivity contribution >= 4 is 5.91 Å². The van der Waals surface area contributed by atoms with Crippen LogP contribution < -0.4 is 5.73 Å². The van der Waals surface area contributed by atoms with Gasteiger partial charge >= 0.3 is 0 Å². The highest BCUT2D eigenvalue weighted by molar-refractivity contribution is 5.83. The second-order valence-corrected chi connectivity index (χ2v) is 4.92. The Bertz CT molecular complexity index is 386. The van der Waals surface area contributed by atoms with Crippen molar-refractivity contribution < 1.29 is 4.79 Å². The van der Waals surface area contributed by atoms with Gasteiger partial charge in [-0.05, 0) is 31.2 Å². The molecule has 0 spiro atoms. The summed E-state index contributed by atoms with van der Waals surface area (Å²) in [5.41, 5.74) is 6.89. The monoisotopic (exact) mass is 232 g/mol. The van der Waals surface area contributed by atoms with E-state index in [2.05, 4.69) is 6.92 Å². The van der Waals surface area contributed by atoms with Crippen molar-refractivity contribution in [3.05, 3.63) is 35.9 Å². The van der Waals surface area contributed by atoms with Crippen molar-refractivity contribution in [1.82, 2.24) is 4.90 Å². The Balaban J connectivity index is 2.03. The van der Waals surface area contributed by atoms with Gasteiger partial charge in [0.1, 0.15) is 6.04 Å². The minimum atomic E-state index is -0.539. The molecule has 1 aliphatic carbocycles. The molecule has 1 aromatic rings. The van der Waals surface area contributed by atoms with Gasteiger partial charge in [0, 0.05) is 13.1 Å². The van der Waals surface area contributed by atoms with Crippen LogP contribution in [0.4, 0.5) is 0 Å². The van der Waals surface area contributed by atoms with Crippen LogP contribution in [0, 0.1) is 5.92 Å². The molecule has 0 bridgehead atoms. The first-order chi connectivity index (χ1) is 8.11. The second-order valence-electron chi connectivity index (χ2n) is 4.92. The highest BCUT2D eigenvalue weighted by Gasteiger charge is 2.34. The lowest BCUT2D eigenvalue weighted by molar-refractivity contribution is -0.133. The van der Waals surface area contributed by atoms with Crippen LogP contribution in [0.2, 0.25) is 0 Å². The summed E-state index contributed by atoms with van der Waals surface area (Å²) >= 11 is 0. The van der Waals surface area contributed by atoms with E-state index in [9.17, 15) is 4.79 Å². The molecule has 0 saturated heterocycles. The quantitative estimate of drug-likeness (QED) is 0.862. The molecule has 3 heteroatoms. The number of amides is 1. The average molecular weight is 232 g/mol. The van der Waals surface area contributed by atoms with E-state index in [0.29, 0.717) is 12.0 Å². The number of likely N-dealkylation sites (N-methyl/N-ethyl adjacent to an activating group) is 1. The maximum Gasteiger partial charge on any atom is 0.244 e. The van der Waals surface area contributed by atoms with Crippen LogP contribution in [-0.2, 0) is 4.79 Å². The lowest BCUT2D eigenvalue weighted by atomic mass is 10.1. The number of rotatable bonds is 4. The molecular formula is C14H20N2O. The largest absolute Gasteiger partial charge is 0.341 e. The highest BCUT2D eigenvalue weighted by Crippen LogP contribution is 2.35. The molecule has 1 fully saturated rings. The van der Waals surface area contributed by atoms with Crippen LogP contribution in [0.25, 0.3) is 0 Å². The van der Waals surface area contributed by atoms with Crippen molar-refractivity contribution in [3.63, 3.8) is 0 Å². The molecule has 0 aromatic heterocycles. The number of carbonyl (C=O) groups is 1. The molecule has 3 nitrogen and oxygen atoms in total. The summed E-state index contributed by atoms with van der Waals surface area (Å²) in [7, 11) is 1.86. The summed E-state index contributed by atoms with van der Waals surface area (Å²) in [6.45, 7) is 2.10. The first-order valence-corrected chi connectivity index (χ1v) is 6.18. The Labute approximate surface area is 103 Å². The van der Waals surface area contributed by atoms with E-state index in [0.717, 1.165) is 5.56 Å². The van der Waals surface area contributed by atoms with Gasteiger partial charge in [-0.1, -0.05) is 30.3 Å². The van der Waals surface area contributed by atoms with E-state index >= 15 is 0 Å². The summed E-state index contributed by atoms with van der Waals surface area (Å²) in [6.07, 6.45) is 2.47. The molecule has 17 heavy (non-hydrogen) atoms. The summed E-state index contributed by atoms with van der Waals surface area (Å²) < 4.78 is 0. The molecule has 1 amide bonds. The van der Waals surface area contributed by atoms with Gasteiger partial charge in [0.15, 0.2) is 0 Å². The smallest absolute Gasteiger partial charge is 0.244 e. The van der Waals surface area contributed by atoms with E-state index < -0.39 is 6.04 Å². The fourth-order valence-corrected chi connectivity index (χ4v) is 2.12. The van der Waals surface area contributed by atoms with Crippen LogP contribution in [0.1, 0.15) is 31.4 Å². The van der Waals surface area contributed by atoms with Gasteiger partial charge in [0.2, 0.25) is 5.91 Å². The average Bonchev–Trinajstić information content (AvgIpc) is 3.20. The molecule has 1 aromatic carbocycles. The van der Waals surface area contributed by atoms with Crippen molar-refractivity contribution in [2.75, 3.05) is 7.05 Å². The van der Waals surface area contributed by atoms with Gasteiger partial charge in [0.25, 0.3) is 0 Å². The van der Waals surface area contributed by atoms with Crippen LogP contribution >= 0.6 is 0 Å². The lowest BCUT2D eigenvalue weighted by Crippen LogP contribution is -2.42. The molecule has 1 unspecified atom stereocenters.